The zero-order valence-electron chi connectivity index (χ0n) is 14.7. The fourth-order valence-corrected chi connectivity index (χ4v) is 4.30. The van der Waals surface area contributed by atoms with Crippen molar-refractivity contribution >= 4 is 45.4 Å². The quantitative estimate of drug-likeness (QED) is 0.436. The molecule has 138 valence electrons. The van der Waals surface area contributed by atoms with E-state index < -0.39 is 0 Å². The number of amides is 1. The number of thiophene rings is 1. The van der Waals surface area contributed by atoms with E-state index in [0.717, 1.165) is 22.4 Å². The Hall–Kier alpha value is -3.23. The minimum absolute atomic E-state index is 0.162. The maximum atomic E-state index is 12.4. The summed E-state index contributed by atoms with van der Waals surface area (Å²) >= 11 is 2.84. The average molecular weight is 406 g/mol. The molecule has 0 unspecified atom stereocenters. The number of hydrogen-bond donors (Lipinski definition) is 1. The van der Waals surface area contributed by atoms with Gasteiger partial charge in [-0.1, -0.05) is 24.3 Å². The van der Waals surface area contributed by atoms with E-state index in [0.29, 0.717) is 21.6 Å². The lowest BCUT2D eigenvalue weighted by Gasteiger charge is -2.05. The summed E-state index contributed by atoms with van der Waals surface area (Å²) in [4.78, 5) is 17.7. The number of furan rings is 1. The van der Waals surface area contributed by atoms with Gasteiger partial charge in [0.2, 0.25) is 5.13 Å². The van der Waals surface area contributed by atoms with Crippen molar-refractivity contribution in [2.75, 3.05) is 5.32 Å². The van der Waals surface area contributed by atoms with E-state index in [9.17, 15) is 4.79 Å². The highest BCUT2D eigenvalue weighted by molar-refractivity contribution is 7.12. The van der Waals surface area contributed by atoms with Gasteiger partial charge in [0.15, 0.2) is 5.76 Å². The van der Waals surface area contributed by atoms with E-state index in [4.69, 9.17) is 4.42 Å². The molecule has 6 nitrogen and oxygen atoms in total. The van der Waals surface area contributed by atoms with Crippen molar-refractivity contribution in [3.63, 3.8) is 0 Å². The Kier molecular flexibility index (Phi) is 4.07. The predicted octanol–water partition coefficient (Wildman–Crippen LogP) is 5.36. The van der Waals surface area contributed by atoms with Gasteiger partial charge >= 0.3 is 0 Å². The number of aromatic nitrogens is 3. The summed E-state index contributed by atoms with van der Waals surface area (Å²) in [5, 5.41) is 12.9. The van der Waals surface area contributed by atoms with E-state index in [1.54, 1.807) is 10.7 Å². The minimum Gasteiger partial charge on any atom is -0.454 e. The third kappa shape index (κ3) is 3.02. The van der Waals surface area contributed by atoms with Crippen LogP contribution in [0.2, 0.25) is 0 Å². The number of carbonyl (C=O) groups excluding carboxylic acids is 1. The standard InChI is InChI=1S/C20H14N4O2S2/c1-12-9-18(22-19(25)17-7-4-8-27-17)24(23-12)20-21-14(11-28-20)16-10-13-5-2-3-6-15(13)26-16/h2-11H,1H3,(H,22,25). The van der Waals surface area contributed by atoms with Crippen LogP contribution >= 0.6 is 22.7 Å². The van der Waals surface area contributed by atoms with Gasteiger partial charge in [-0.2, -0.15) is 9.78 Å². The maximum absolute atomic E-state index is 12.4. The summed E-state index contributed by atoms with van der Waals surface area (Å²) in [7, 11) is 0. The highest BCUT2D eigenvalue weighted by Gasteiger charge is 2.17. The molecule has 5 aromatic rings. The van der Waals surface area contributed by atoms with Crippen molar-refractivity contribution in [3.8, 4) is 16.6 Å². The highest BCUT2D eigenvalue weighted by Crippen LogP contribution is 2.30. The molecule has 0 fully saturated rings. The Morgan fingerprint density at radius 2 is 2.04 bits per heavy atom. The zero-order valence-corrected chi connectivity index (χ0v) is 16.4. The predicted molar refractivity (Wildman–Crippen MR) is 111 cm³/mol. The molecule has 4 heterocycles. The first-order chi connectivity index (χ1) is 13.7. The second-order valence-corrected chi connectivity index (χ2v) is 7.96. The molecule has 5 rings (SSSR count). The minimum atomic E-state index is -0.162. The van der Waals surface area contributed by atoms with Crippen LogP contribution in [0.25, 0.3) is 27.6 Å². The fourth-order valence-electron chi connectivity index (χ4n) is 2.90. The molecule has 0 radical (unpaired) electrons. The number of nitrogens with zero attached hydrogens (tertiary/aromatic N) is 3. The lowest BCUT2D eigenvalue weighted by Crippen LogP contribution is -2.13. The monoisotopic (exact) mass is 406 g/mol. The number of thiazole rings is 1. The van der Waals surface area contributed by atoms with Crippen molar-refractivity contribution in [1.82, 2.24) is 14.8 Å². The first-order valence-corrected chi connectivity index (χ1v) is 10.3. The lowest BCUT2D eigenvalue weighted by atomic mass is 10.2. The maximum Gasteiger partial charge on any atom is 0.266 e. The van der Waals surface area contributed by atoms with Crippen LogP contribution in [-0.2, 0) is 0 Å². The second kappa shape index (κ2) is 6.74. The fraction of sp³-hybridized carbons (Fsp3) is 0.0500. The molecule has 0 bridgehead atoms. The Labute approximate surface area is 168 Å². The van der Waals surface area contributed by atoms with Crippen LogP contribution in [0.3, 0.4) is 0 Å². The molecular formula is C20H14N4O2S2. The summed E-state index contributed by atoms with van der Waals surface area (Å²) in [6.07, 6.45) is 0. The van der Waals surface area contributed by atoms with Crippen molar-refractivity contribution in [2.24, 2.45) is 0 Å². The molecule has 1 amide bonds. The first kappa shape index (κ1) is 16.9. The Balaban J connectivity index is 1.48. The SMILES string of the molecule is Cc1cc(NC(=O)c2cccs2)n(-c2nc(-c3cc4ccccc4o3)cs2)n1. The average Bonchev–Trinajstić information content (AvgIpc) is 3.47. The van der Waals surface area contributed by atoms with Crippen LogP contribution in [0.5, 0.6) is 0 Å². The first-order valence-electron chi connectivity index (χ1n) is 8.54. The zero-order chi connectivity index (χ0) is 19.1. The van der Waals surface area contributed by atoms with Gasteiger partial charge < -0.3 is 9.73 Å². The van der Waals surface area contributed by atoms with E-state index in [1.807, 2.05) is 60.1 Å². The van der Waals surface area contributed by atoms with Gasteiger partial charge in [-0.15, -0.1) is 22.7 Å². The number of nitrogens with one attached hydrogen (secondary N) is 1. The summed E-state index contributed by atoms with van der Waals surface area (Å²) in [6.45, 7) is 1.88. The number of anilines is 1. The number of rotatable bonds is 4. The molecule has 0 saturated heterocycles. The molecule has 0 aliphatic rings. The molecule has 0 saturated carbocycles. The van der Waals surface area contributed by atoms with Gasteiger partial charge in [0.25, 0.3) is 5.91 Å². The number of aryl methyl sites for hydroxylation is 1. The Morgan fingerprint density at radius 3 is 2.86 bits per heavy atom. The van der Waals surface area contributed by atoms with Gasteiger partial charge in [0.05, 0.1) is 10.6 Å². The van der Waals surface area contributed by atoms with Gasteiger partial charge in [0.1, 0.15) is 17.1 Å². The van der Waals surface area contributed by atoms with Crippen molar-refractivity contribution in [1.29, 1.82) is 0 Å². The Morgan fingerprint density at radius 1 is 1.14 bits per heavy atom. The molecule has 0 spiro atoms. The topological polar surface area (TPSA) is 73.0 Å². The van der Waals surface area contributed by atoms with Crippen molar-refractivity contribution in [2.45, 2.75) is 6.92 Å². The van der Waals surface area contributed by atoms with E-state index in [2.05, 4.69) is 15.4 Å². The van der Waals surface area contributed by atoms with Crippen LogP contribution in [0.15, 0.2) is 63.7 Å². The molecule has 0 aliphatic carbocycles. The van der Waals surface area contributed by atoms with Gasteiger partial charge in [-0.25, -0.2) is 4.98 Å². The third-order valence-electron chi connectivity index (χ3n) is 4.17. The molecule has 1 aromatic carbocycles. The van der Waals surface area contributed by atoms with Crippen LogP contribution in [0.1, 0.15) is 15.4 Å². The summed E-state index contributed by atoms with van der Waals surface area (Å²) < 4.78 is 7.55. The Bertz CT molecular complexity index is 1250. The molecule has 0 aliphatic heterocycles. The third-order valence-corrected chi connectivity index (χ3v) is 5.85. The second-order valence-electron chi connectivity index (χ2n) is 6.18. The number of para-hydroxylation sites is 1. The van der Waals surface area contributed by atoms with E-state index in [1.165, 1.54) is 22.7 Å². The summed E-state index contributed by atoms with van der Waals surface area (Å²) in [5.74, 6) is 1.13. The summed E-state index contributed by atoms with van der Waals surface area (Å²) in [5.41, 5.74) is 2.35. The van der Waals surface area contributed by atoms with E-state index >= 15 is 0 Å². The van der Waals surface area contributed by atoms with Crippen molar-refractivity contribution in [3.05, 3.63) is 69.9 Å². The number of hydrogen-bond acceptors (Lipinski definition) is 6. The van der Waals surface area contributed by atoms with E-state index in [-0.39, 0.29) is 5.91 Å². The van der Waals surface area contributed by atoms with Gasteiger partial charge in [-0.05, 0) is 30.5 Å². The van der Waals surface area contributed by atoms with Gasteiger partial charge in [-0.3, -0.25) is 4.79 Å². The molecule has 28 heavy (non-hydrogen) atoms. The smallest absolute Gasteiger partial charge is 0.266 e. The molecule has 8 heteroatoms. The van der Waals surface area contributed by atoms with Crippen LogP contribution in [-0.4, -0.2) is 20.7 Å². The number of benzene rings is 1. The molecule has 0 atom stereocenters. The number of fused-ring (bicyclic) bond motifs is 1. The van der Waals surface area contributed by atoms with Crippen molar-refractivity contribution < 1.29 is 9.21 Å². The molecular weight excluding hydrogens is 392 g/mol. The normalized spacial score (nSPS) is 11.2. The van der Waals surface area contributed by atoms with Crippen LogP contribution in [0, 0.1) is 6.92 Å². The van der Waals surface area contributed by atoms with Gasteiger partial charge in [0, 0.05) is 16.8 Å². The molecule has 1 N–H and O–H groups in total. The molecule has 4 aromatic heterocycles. The van der Waals surface area contributed by atoms with Crippen LogP contribution < -0.4 is 5.32 Å². The van der Waals surface area contributed by atoms with Crippen LogP contribution in [0.4, 0.5) is 5.82 Å². The highest BCUT2D eigenvalue weighted by atomic mass is 32.1. The summed E-state index contributed by atoms with van der Waals surface area (Å²) in [6, 6.07) is 15.3. The largest absolute Gasteiger partial charge is 0.454 e. The number of carbonyl (C=O) groups is 1. The lowest BCUT2D eigenvalue weighted by molar-refractivity contribution is 0.103.